The van der Waals surface area contributed by atoms with Crippen molar-refractivity contribution in [1.82, 2.24) is 5.32 Å². The molecule has 0 aromatic heterocycles. The van der Waals surface area contributed by atoms with Gasteiger partial charge in [0.15, 0.2) is 6.23 Å². The van der Waals surface area contributed by atoms with Crippen LogP contribution in [0.5, 0.6) is 5.75 Å². The van der Waals surface area contributed by atoms with Gasteiger partial charge in [-0.2, -0.15) is 0 Å². The van der Waals surface area contributed by atoms with Gasteiger partial charge in [0.2, 0.25) is 0 Å². The Kier molecular flexibility index (Phi) is 3.02. The first-order valence-corrected chi connectivity index (χ1v) is 6.13. The lowest BCUT2D eigenvalue weighted by molar-refractivity contribution is 0.0875. The highest BCUT2D eigenvalue weighted by Gasteiger charge is 2.16. The Morgan fingerprint density at radius 2 is 1.74 bits per heavy atom. The Balaban J connectivity index is 1.72. The highest BCUT2D eigenvalue weighted by atomic mass is 16.5. The largest absolute Gasteiger partial charge is 0.466 e. The summed E-state index contributed by atoms with van der Waals surface area (Å²) in [4.78, 5) is 12.0. The van der Waals surface area contributed by atoms with Crippen molar-refractivity contribution in [3.63, 3.8) is 0 Å². The highest BCUT2D eigenvalue weighted by Crippen LogP contribution is 2.24. The van der Waals surface area contributed by atoms with E-state index in [1.807, 2.05) is 54.6 Å². The summed E-state index contributed by atoms with van der Waals surface area (Å²) >= 11 is 0. The number of hydrogen-bond acceptors (Lipinski definition) is 2. The molecule has 2 aromatic carbocycles. The van der Waals surface area contributed by atoms with Crippen LogP contribution in [0.15, 0.2) is 60.7 Å². The van der Waals surface area contributed by atoms with E-state index in [1.54, 1.807) is 12.1 Å². The number of benzene rings is 2. The second-order valence-electron chi connectivity index (χ2n) is 4.27. The zero-order valence-electron chi connectivity index (χ0n) is 10.2. The fourth-order valence-corrected chi connectivity index (χ4v) is 1.97. The van der Waals surface area contributed by atoms with Crippen LogP contribution in [-0.4, -0.2) is 12.1 Å². The average molecular weight is 251 g/mol. The van der Waals surface area contributed by atoms with Crippen molar-refractivity contribution >= 4 is 12.0 Å². The predicted octanol–water partition coefficient (Wildman–Crippen LogP) is 2.85. The van der Waals surface area contributed by atoms with Crippen molar-refractivity contribution in [3.05, 3.63) is 71.8 Å². The van der Waals surface area contributed by atoms with Gasteiger partial charge in [-0.05, 0) is 30.4 Å². The van der Waals surface area contributed by atoms with Crippen molar-refractivity contribution in [1.29, 1.82) is 0 Å². The van der Waals surface area contributed by atoms with E-state index in [0.717, 1.165) is 11.3 Å². The summed E-state index contributed by atoms with van der Waals surface area (Å²) in [6.45, 7) is 0. The van der Waals surface area contributed by atoms with E-state index in [9.17, 15) is 4.79 Å². The molecular weight excluding hydrogens is 238 g/mol. The van der Waals surface area contributed by atoms with Gasteiger partial charge in [-0.1, -0.05) is 36.4 Å². The number of para-hydroxylation sites is 1. The van der Waals surface area contributed by atoms with Gasteiger partial charge in [0.25, 0.3) is 5.91 Å². The number of rotatable bonds is 2. The molecule has 0 saturated carbocycles. The molecule has 2 aromatic rings. The summed E-state index contributed by atoms with van der Waals surface area (Å²) < 4.78 is 5.71. The number of carbonyl (C=O) groups is 1. The topological polar surface area (TPSA) is 38.3 Å². The van der Waals surface area contributed by atoms with Crippen molar-refractivity contribution in [2.75, 3.05) is 0 Å². The van der Waals surface area contributed by atoms with Gasteiger partial charge in [0.1, 0.15) is 5.75 Å². The van der Waals surface area contributed by atoms with Crippen LogP contribution in [0.3, 0.4) is 0 Å². The molecule has 0 saturated heterocycles. The average Bonchev–Trinajstić information content (AvgIpc) is 2.48. The van der Waals surface area contributed by atoms with E-state index < -0.39 is 6.23 Å². The smallest absolute Gasteiger partial charge is 0.254 e. The van der Waals surface area contributed by atoms with E-state index in [0.29, 0.717) is 5.56 Å². The SMILES string of the molecule is O=C(NC1C=Cc2ccccc2O1)c1ccccc1. The predicted molar refractivity (Wildman–Crippen MR) is 73.8 cm³/mol. The molecule has 1 atom stereocenters. The standard InChI is InChI=1S/C16H13NO2/c18-16(13-7-2-1-3-8-13)17-15-11-10-12-6-4-5-9-14(12)19-15/h1-11,15H,(H,17,18). The molecule has 3 heteroatoms. The number of nitrogens with one attached hydrogen (secondary N) is 1. The van der Waals surface area contributed by atoms with E-state index in [2.05, 4.69) is 5.32 Å². The van der Waals surface area contributed by atoms with Crippen LogP contribution in [0.1, 0.15) is 15.9 Å². The van der Waals surface area contributed by atoms with Gasteiger partial charge in [0, 0.05) is 11.1 Å². The summed E-state index contributed by atoms with van der Waals surface area (Å²) in [5, 5.41) is 2.83. The molecule has 3 nitrogen and oxygen atoms in total. The lowest BCUT2D eigenvalue weighted by Gasteiger charge is -2.22. The van der Waals surface area contributed by atoms with Crippen LogP contribution in [0.4, 0.5) is 0 Å². The van der Waals surface area contributed by atoms with Gasteiger partial charge in [-0.15, -0.1) is 0 Å². The quantitative estimate of drug-likeness (QED) is 0.891. The maximum absolute atomic E-state index is 12.0. The molecule has 94 valence electrons. The number of amides is 1. The fourth-order valence-electron chi connectivity index (χ4n) is 1.97. The van der Waals surface area contributed by atoms with E-state index >= 15 is 0 Å². The van der Waals surface area contributed by atoms with Crippen LogP contribution in [0, 0.1) is 0 Å². The molecule has 1 unspecified atom stereocenters. The molecule has 1 N–H and O–H groups in total. The molecular formula is C16H13NO2. The number of ether oxygens (including phenoxy) is 1. The van der Waals surface area contributed by atoms with Gasteiger partial charge >= 0.3 is 0 Å². The van der Waals surface area contributed by atoms with Crippen LogP contribution in [0.25, 0.3) is 6.08 Å². The molecule has 0 aliphatic carbocycles. The maximum atomic E-state index is 12.0. The molecule has 1 aliphatic heterocycles. The Bertz CT molecular complexity index is 620. The van der Waals surface area contributed by atoms with Crippen LogP contribution < -0.4 is 10.1 Å². The summed E-state index contributed by atoms with van der Waals surface area (Å²) in [6, 6.07) is 16.8. The fraction of sp³-hybridized carbons (Fsp3) is 0.0625. The first-order valence-electron chi connectivity index (χ1n) is 6.13. The van der Waals surface area contributed by atoms with Crippen LogP contribution >= 0.6 is 0 Å². The van der Waals surface area contributed by atoms with Crippen LogP contribution in [-0.2, 0) is 0 Å². The minimum Gasteiger partial charge on any atom is -0.466 e. The third-order valence-electron chi connectivity index (χ3n) is 2.93. The summed E-state index contributed by atoms with van der Waals surface area (Å²) in [5.41, 5.74) is 1.64. The van der Waals surface area contributed by atoms with Gasteiger partial charge in [-0.3, -0.25) is 4.79 Å². The summed E-state index contributed by atoms with van der Waals surface area (Å²) in [6.07, 6.45) is 3.36. The molecule has 0 fully saturated rings. The van der Waals surface area contributed by atoms with Gasteiger partial charge in [0.05, 0.1) is 0 Å². The number of fused-ring (bicyclic) bond motifs is 1. The number of hydrogen-bond donors (Lipinski definition) is 1. The minimum atomic E-state index is -0.428. The van der Waals surface area contributed by atoms with E-state index in [4.69, 9.17) is 4.74 Å². The lowest BCUT2D eigenvalue weighted by atomic mass is 10.1. The summed E-state index contributed by atoms with van der Waals surface area (Å²) in [5.74, 6) is 0.637. The van der Waals surface area contributed by atoms with Crippen molar-refractivity contribution in [3.8, 4) is 5.75 Å². The Labute approximate surface area is 111 Å². The minimum absolute atomic E-state index is 0.144. The third kappa shape index (κ3) is 2.50. The zero-order chi connectivity index (χ0) is 13.1. The lowest BCUT2D eigenvalue weighted by Crippen LogP contribution is -2.38. The normalized spacial score (nSPS) is 16.3. The van der Waals surface area contributed by atoms with E-state index in [1.165, 1.54) is 0 Å². The molecule has 0 radical (unpaired) electrons. The molecule has 19 heavy (non-hydrogen) atoms. The molecule has 1 heterocycles. The third-order valence-corrected chi connectivity index (χ3v) is 2.93. The van der Waals surface area contributed by atoms with Crippen molar-refractivity contribution in [2.45, 2.75) is 6.23 Å². The van der Waals surface area contributed by atoms with Crippen molar-refractivity contribution < 1.29 is 9.53 Å². The van der Waals surface area contributed by atoms with Crippen LogP contribution in [0.2, 0.25) is 0 Å². The highest BCUT2D eigenvalue weighted by molar-refractivity contribution is 5.94. The molecule has 1 amide bonds. The first kappa shape index (κ1) is 11.5. The zero-order valence-corrected chi connectivity index (χ0v) is 10.2. The molecule has 0 bridgehead atoms. The van der Waals surface area contributed by atoms with Gasteiger partial charge < -0.3 is 10.1 Å². The maximum Gasteiger partial charge on any atom is 0.254 e. The molecule has 3 rings (SSSR count). The summed E-state index contributed by atoms with van der Waals surface area (Å²) in [7, 11) is 0. The monoisotopic (exact) mass is 251 g/mol. The Hall–Kier alpha value is -2.55. The van der Waals surface area contributed by atoms with Crippen molar-refractivity contribution in [2.24, 2.45) is 0 Å². The van der Waals surface area contributed by atoms with E-state index in [-0.39, 0.29) is 5.91 Å². The van der Waals surface area contributed by atoms with Gasteiger partial charge in [-0.25, -0.2) is 0 Å². The number of carbonyl (C=O) groups excluding carboxylic acids is 1. The molecule has 0 spiro atoms. The Morgan fingerprint density at radius 3 is 2.58 bits per heavy atom. The second kappa shape index (κ2) is 4.98. The second-order valence-corrected chi connectivity index (χ2v) is 4.27. The first-order chi connectivity index (χ1) is 9.33. The Morgan fingerprint density at radius 1 is 1.00 bits per heavy atom. The molecule has 1 aliphatic rings.